The summed E-state index contributed by atoms with van der Waals surface area (Å²) in [6.45, 7) is 6.29. The Labute approximate surface area is 78.3 Å². The van der Waals surface area contributed by atoms with Crippen LogP contribution in [0, 0.1) is 5.92 Å². The monoisotopic (exact) mass is 184 g/mol. The highest BCUT2D eigenvalue weighted by Crippen LogP contribution is 2.23. The second kappa shape index (κ2) is 4.39. The van der Waals surface area contributed by atoms with E-state index in [9.17, 15) is 5.11 Å². The van der Waals surface area contributed by atoms with Gasteiger partial charge in [-0.15, -0.1) is 0 Å². The zero-order valence-electron chi connectivity index (χ0n) is 8.08. The summed E-state index contributed by atoms with van der Waals surface area (Å²) in [7, 11) is 1.71. The smallest absolute Gasteiger partial charge is 0.162 e. The van der Waals surface area contributed by atoms with E-state index in [2.05, 4.69) is 16.9 Å². The summed E-state index contributed by atoms with van der Waals surface area (Å²) < 4.78 is 5.02. The molecule has 0 bridgehead atoms. The average Bonchev–Trinajstić information content (AvgIpc) is 2.51. The number of aliphatic imine (C=N–C) groups is 1. The number of nitrogens with one attached hydrogen (secondary N) is 1. The number of nitrogens with zero attached hydrogens (tertiary/aromatic N) is 1. The van der Waals surface area contributed by atoms with Crippen molar-refractivity contribution in [2.45, 2.75) is 19.6 Å². The Morgan fingerprint density at radius 3 is 2.85 bits per heavy atom. The molecule has 0 aromatic rings. The lowest BCUT2D eigenvalue weighted by atomic mass is 10.0. The molecule has 13 heavy (non-hydrogen) atoms. The van der Waals surface area contributed by atoms with Gasteiger partial charge in [0.15, 0.2) is 6.29 Å². The molecule has 74 valence electrons. The largest absolute Gasteiger partial charge is 0.367 e. The third kappa shape index (κ3) is 2.54. The van der Waals surface area contributed by atoms with Crippen molar-refractivity contribution in [2.75, 3.05) is 13.7 Å². The van der Waals surface area contributed by atoms with Crippen LogP contribution in [0.2, 0.25) is 0 Å². The van der Waals surface area contributed by atoms with Crippen LogP contribution in [0.4, 0.5) is 0 Å². The molecule has 1 aliphatic rings. The Morgan fingerprint density at radius 1 is 1.69 bits per heavy atom. The molecule has 2 N–H and O–H groups in total. The van der Waals surface area contributed by atoms with Crippen LogP contribution < -0.4 is 5.32 Å². The van der Waals surface area contributed by atoms with Crippen molar-refractivity contribution in [3.05, 3.63) is 12.3 Å². The quantitative estimate of drug-likeness (QED) is 0.485. The summed E-state index contributed by atoms with van der Waals surface area (Å²) in [6.07, 6.45) is 0.0916. The molecule has 0 amide bonds. The van der Waals surface area contributed by atoms with E-state index in [1.54, 1.807) is 7.05 Å². The van der Waals surface area contributed by atoms with Crippen molar-refractivity contribution in [3.8, 4) is 0 Å². The predicted molar refractivity (Wildman–Crippen MR) is 51.4 cm³/mol. The fourth-order valence-corrected chi connectivity index (χ4v) is 1.30. The number of rotatable bonds is 2. The van der Waals surface area contributed by atoms with Crippen LogP contribution in [0.1, 0.15) is 13.3 Å². The SMILES string of the molecule is C=C(NC(C)=NC)C1CCOC1O. The number of amidine groups is 1. The zero-order valence-corrected chi connectivity index (χ0v) is 8.08. The van der Waals surface area contributed by atoms with Crippen molar-refractivity contribution in [1.82, 2.24) is 5.32 Å². The Hall–Kier alpha value is -0.870. The number of aliphatic hydroxyl groups excluding tert-OH is 1. The van der Waals surface area contributed by atoms with Crippen molar-refractivity contribution in [1.29, 1.82) is 0 Å². The van der Waals surface area contributed by atoms with E-state index < -0.39 is 6.29 Å². The van der Waals surface area contributed by atoms with Gasteiger partial charge in [0.2, 0.25) is 0 Å². The van der Waals surface area contributed by atoms with Gasteiger partial charge in [-0.05, 0) is 13.3 Å². The maximum absolute atomic E-state index is 9.38. The molecule has 1 rings (SSSR count). The lowest BCUT2D eigenvalue weighted by Gasteiger charge is -2.17. The molecule has 1 heterocycles. The minimum atomic E-state index is -0.718. The molecule has 0 aliphatic carbocycles. The molecule has 0 spiro atoms. The van der Waals surface area contributed by atoms with Crippen LogP contribution in [-0.4, -0.2) is 30.9 Å². The maximum Gasteiger partial charge on any atom is 0.162 e. The summed E-state index contributed by atoms with van der Waals surface area (Å²) in [5.41, 5.74) is 0.771. The second-order valence-corrected chi connectivity index (χ2v) is 3.12. The zero-order chi connectivity index (χ0) is 9.84. The lowest BCUT2D eigenvalue weighted by molar-refractivity contribution is -0.0758. The molecular formula is C9H16N2O2. The van der Waals surface area contributed by atoms with Crippen LogP contribution in [0.5, 0.6) is 0 Å². The van der Waals surface area contributed by atoms with Crippen LogP contribution in [0.25, 0.3) is 0 Å². The van der Waals surface area contributed by atoms with E-state index in [1.165, 1.54) is 0 Å². The normalized spacial score (nSPS) is 29.0. The first-order chi connectivity index (χ1) is 6.15. The number of hydrogen-bond acceptors (Lipinski definition) is 3. The van der Waals surface area contributed by atoms with Gasteiger partial charge >= 0.3 is 0 Å². The van der Waals surface area contributed by atoms with Gasteiger partial charge in [-0.1, -0.05) is 6.58 Å². The number of ether oxygens (including phenoxy) is 1. The molecule has 0 aromatic carbocycles. The molecule has 0 saturated carbocycles. The van der Waals surface area contributed by atoms with E-state index >= 15 is 0 Å². The van der Waals surface area contributed by atoms with Gasteiger partial charge in [0.25, 0.3) is 0 Å². The maximum atomic E-state index is 9.38. The molecule has 0 aromatic heterocycles. The second-order valence-electron chi connectivity index (χ2n) is 3.12. The van der Waals surface area contributed by atoms with E-state index in [0.717, 1.165) is 18.0 Å². The van der Waals surface area contributed by atoms with Gasteiger partial charge < -0.3 is 15.2 Å². The van der Waals surface area contributed by atoms with E-state index in [-0.39, 0.29) is 5.92 Å². The summed E-state index contributed by atoms with van der Waals surface area (Å²) in [5.74, 6) is 0.779. The Kier molecular flexibility index (Phi) is 3.45. The van der Waals surface area contributed by atoms with Gasteiger partial charge in [0, 0.05) is 12.7 Å². The fraction of sp³-hybridized carbons (Fsp3) is 0.667. The first kappa shape index (κ1) is 10.2. The molecule has 2 unspecified atom stereocenters. The predicted octanol–water partition coefficient (Wildman–Crippen LogP) is 0.493. The van der Waals surface area contributed by atoms with Crippen LogP contribution in [-0.2, 0) is 4.74 Å². The van der Waals surface area contributed by atoms with Crippen LogP contribution >= 0.6 is 0 Å². The topological polar surface area (TPSA) is 53.9 Å². The summed E-state index contributed by atoms with van der Waals surface area (Å²) in [5, 5.41) is 12.4. The number of hydrogen-bond donors (Lipinski definition) is 2. The van der Waals surface area contributed by atoms with E-state index in [4.69, 9.17) is 4.74 Å². The highest BCUT2D eigenvalue weighted by molar-refractivity contribution is 5.80. The van der Waals surface area contributed by atoms with Crippen molar-refractivity contribution in [2.24, 2.45) is 10.9 Å². The molecule has 2 atom stereocenters. The molecule has 1 aliphatic heterocycles. The highest BCUT2D eigenvalue weighted by Gasteiger charge is 2.28. The minimum absolute atomic E-state index is 0.0169. The molecule has 4 nitrogen and oxygen atoms in total. The first-order valence-electron chi connectivity index (χ1n) is 4.34. The summed E-state index contributed by atoms with van der Waals surface area (Å²) in [4.78, 5) is 3.95. The Balaban J connectivity index is 2.48. The third-order valence-electron chi connectivity index (χ3n) is 2.19. The van der Waals surface area contributed by atoms with Gasteiger partial charge in [0.05, 0.1) is 18.4 Å². The average molecular weight is 184 g/mol. The van der Waals surface area contributed by atoms with E-state index in [1.807, 2.05) is 6.92 Å². The summed E-state index contributed by atoms with van der Waals surface area (Å²) >= 11 is 0. The van der Waals surface area contributed by atoms with Crippen molar-refractivity contribution < 1.29 is 9.84 Å². The van der Waals surface area contributed by atoms with Crippen molar-refractivity contribution >= 4 is 5.84 Å². The lowest BCUT2D eigenvalue weighted by Crippen LogP contribution is -2.28. The van der Waals surface area contributed by atoms with Gasteiger partial charge in [0.1, 0.15) is 0 Å². The standard InChI is InChI=1S/C9H16N2O2/c1-6(11-7(2)10-3)8-4-5-13-9(8)12/h8-9,12H,1,4-5H2,2-3H3,(H,10,11). The molecule has 4 heteroatoms. The van der Waals surface area contributed by atoms with Crippen molar-refractivity contribution in [3.63, 3.8) is 0 Å². The summed E-state index contributed by atoms with van der Waals surface area (Å²) in [6, 6.07) is 0. The molecular weight excluding hydrogens is 168 g/mol. The highest BCUT2D eigenvalue weighted by atomic mass is 16.6. The van der Waals surface area contributed by atoms with Gasteiger partial charge in [-0.25, -0.2) is 0 Å². The molecule has 1 saturated heterocycles. The molecule has 0 radical (unpaired) electrons. The van der Waals surface area contributed by atoms with Crippen LogP contribution in [0.3, 0.4) is 0 Å². The Bertz CT molecular complexity index is 226. The third-order valence-corrected chi connectivity index (χ3v) is 2.19. The number of aliphatic hydroxyl groups is 1. The van der Waals surface area contributed by atoms with E-state index in [0.29, 0.717) is 6.61 Å². The van der Waals surface area contributed by atoms with Crippen LogP contribution in [0.15, 0.2) is 17.3 Å². The van der Waals surface area contributed by atoms with Gasteiger partial charge in [-0.2, -0.15) is 0 Å². The van der Waals surface area contributed by atoms with Gasteiger partial charge in [-0.3, -0.25) is 4.99 Å². The Morgan fingerprint density at radius 2 is 2.38 bits per heavy atom. The fourth-order valence-electron chi connectivity index (χ4n) is 1.30. The molecule has 1 fully saturated rings. The minimum Gasteiger partial charge on any atom is -0.367 e. The first-order valence-corrected chi connectivity index (χ1v) is 4.34.